The van der Waals surface area contributed by atoms with Gasteiger partial charge in [0.25, 0.3) is 0 Å². The summed E-state index contributed by atoms with van der Waals surface area (Å²) in [7, 11) is 0. The Morgan fingerprint density at radius 1 is 1.06 bits per heavy atom. The highest BCUT2D eigenvalue weighted by atomic mass is 16.3. The lowest BCUT2D eigenvalue weighted by molar-refractivity contribution is 0.0999. The molecule has 0 heterocycles. The molecule has 0 saturated carbocycles. The molecular formula is C14H29NO2. The highest BCUT2D eigenvalue weighted by Crippen LogP contribution is 2.06. The minimum absolute atomic E-state index is 0.144. The quantitative estimate of drug-likeness (QED) is 0.385. The van der Waals surface area contributed by atoms with Gasteiger partial charge in [0.15, 0.2) is 0 Å². The number of rotatable bonds is 11. The molecule has 0 radical (unpaired) electrons. The van der Waals surface area contributed by atoms with Crippen LogP contribution in [0.2, 0.25) is 0 Å². The van der Waals surface area contributed by atoms with Crippen molar-refractivity contribution in [3.05, 3.63) is 12.2 Å². The molecule has 0 aliphatic heterocycles. The SMILES string of the molecule is CCCCCCC=CCCC[C@@H](O)[C@H](N)CO. The smallest absolute Gasteiger partial charge is 0.0713 e. The van der Waals surface area contributed by atoms with Gasteiger partial charge < -0.3 is 15.9 Å². The molecule has 0 aromatic carbocycles. The fourth-order valence-electron chi connectivity index (χ4n) is 1.71. The average Bonchev–Trinajstić information content (AvgIpc) is 2.35. The summed E-state index contributed by atoms with van der Waals surface area (Å²) in [5, 5.41) is 18.3. The van der Waals surface area contributed by atoms with Crippen LogP contribution in [0.25, 0.3) is 0 Å². The Morgan fingerprint density at radius 2 is 1.71 bits per heavy atom. The molecule has 0 unspecified atom stereocenters. The lowest BCUT2D eigenvalue weighted by Crippen LogP contribution is -2.37. The first-order chi connectivity index (χ1) is 8.22. The van der Waals surface area contributed by atoms with E-state index in [4.69, 9.17) is 10.8 Å². The first kappa shape index (κ1) is 16.6. The Kier molecular flexibility index (Phi) is 11.8. The van der Waals surface area contributed by atoms with E-state index in [9.17, 15) is 5.11 Å². The topological polar surface area (TPSA) is 66.5 Å². The molecule has 0 bridgehead atoms. The lowest BCUT2D eigenvalue weighted by atomic mass is 10.1. The summed E-state index contributed by atoms with van der Waals surface area (Å²) in [6.45, 7) is 2.08. The zero-order chi connectivity index (χ0) is 12.9. The highest BCUT2D eigenvalue weighted by molar-refractivity contribution is 4.82. The largest absolute Gasteiger partial charge is 0.395 e. The minimum Gasteiger partial charge on any atom is -0.395 e. The first-order valence-corrected chi connectivity index (χ1v) is 6.91. The fourth-order valence-corrected chi connectivity index (χ4v) is 1.71. The van der Waals surface area contributed by atoms with Gasteiger partial charge in [0.1, 0.15) is 0 Å². The van der Waals surface area contributed by atoms with Gasteiger partial charge in [-0.3, -0.25) is 0 Å². The molecule has 0 spiro atoms. The van der Waals surface area contributed by atoms with Gasteiger partial charge in [0, 0.05) is 0 Å². The molecule has 4 N–H and O–H groups in total. The van der Waals surface area contributed by atoms with Crippen LogP contribution in [0.1, 0.15) is 58.3 Å². The van der Waals surface area contributed by atoms with Gasteiger partial charge in [-0.1, -0.05) is 38.3 Å². The van der Waals surface area contributed by atoms with Gasteiger partial charge in [-0.05, 0) is 32.1 Å². The molecule has 0 saturated heterocycles. The molecule has 3 heteroatoms. The number of hydrogen-bond donors (Lipinski definition) is 3. The molecule has 0 aliphatic rings. The normalized spacial score (nSPS) is 15.3. The van der Waals surface area contributed by atoms with E-state index < -0.39 is 12.1 Å². The monoisotopic (exact) mass is 243 g/mol. The standard InChI is InChI=1S/C14H29NO2/c1-2-3-4-5-6-7-8-9-10-11-14(17)13(15)12-16/h7-8,13-14,16-17H,2-6,9-12,15H2,1H3/t13-,14-/m1/s1. The van der Waals surface area contributed by atoms with Crippen molar-refractivity contribution in [2.24, 2.45) is 5.73 Å². The number of unbranched alkanes of at least 4 members (excludes halogenated alkanes) is 5. The molecule has 102 valence electrons. The molecule has 0 fully saturated rings. The van der Waals surface area contributed by atoms with E-state index in [0.29, 0.717) is 6.42 Å². The summed E-state index contributed by atoms with van der Waals surface area (Å²) in [4.78, 5) is 0. The summed E-state index contributed by atoms with van der Waals surface area (Å²) < 4.78 is 0. The van der Waals surface area contributed by atoms with Crippen LogP contribution in [0.15, 0.2) is 12.2 Å². The van der Waals surface area contributed by atoms with Gasteiger partial charge in [-0.2, -0.15) is 0 Å². The van der Waals surface area contributed by atoms with Gasteiger partial charge >= 0.3 is 0 Å². The van der Waals surface area contributed by atoms with E-state index in [2.05, 4.69) is 19.1 Å². The Hall–Kier alpha value is -0.380. The number of allylic oxidation sites excluding steroid dienone is 2. The van der Waals surface area contributed by atoms with Crippen molar-refractivity contribution >= 4 is 0 Å². The van der Waals surface area contributed by atoms with E-state index in [1.165, 1.54) is 32.1 Å². The van der Waals surface area contributed by atoms with Crippen LogP contribution >= 0.6 is 0 Å². The van der Waals surface area contributed by atoms with Crippen molar-refractivity contribution < 1.29 is 10.2 Å². The Morgan fingerprint density at radius 3 is 2.29 bits per heavy atom. The average molecular weight is 243 g/mol. The van der Waals surface area contributed by atoms with Crippen molar-refractivity contribution in [2.75, 3.05) is 6.61 Å². The van der Waals surface area contributed by atoms with Crippen LogP contribution < -0.4 is 5.73 Å². The van der Waals surface area contributed by atoms with Crippen LogP contribution in [0, 0.1) is 0 Å². The summed E-state index contributed by atoms with van der Waals surface area (Å²) in [6, 6.07) is -0.493. The van der Waals surface area contributed by atoms with Gasteiger partial charge in [0.2, 0.25) is 0 Å². The summed E-state index contributed by atoms with van der Waals surface area (Å²) >= 11 is 0. The second kappa shape index (κ2) is 12.1. The molecule has 0 rings (SSSR count). The van der Waals surface area contributed by atoms with E-state index in [0.717, 1.165) is 12.8 Å². The maximum atomic E-state index is 9.51. The Bertz CT molecular complexity index is 183. The second-order valence-electron chi connectivity index (χ2n) is 4.67. The third-order valence-corrected chi connectivity index (χ3v) is 2.97. The van der Waals surface area contributed by atoms with Crippen molar-refractivity contribution in [2.45, 2.75) is 70.4 Å². The third-order valence-electron chi connectivity index (χ3n) is 2.97. The van der Waals surface area contributed by atoms with Crippen LogP contribution in [0.5, 0.6) is 0 Å². The van der Waals surface area contributed by atoms with E-state index in [1.54, 1.807) is 0 Å². The van der Waals surface area contributed by atoms with Gasteiger partial charge in [-0.15, -0.1) is 0 Å². The number of aliphatic hydroxyl groups excluding tert-OH is 2. The van der Waals surface area contributed by atoms with Gasteiger partial charge in [0.05, 0.1) is 18.8 Å². The molecule has 0 aliphatic carbocycles. The predicted molar refractivity (Wildman–Crippen MR) is 72.8 cm³/mol. The number of hydrogen-bond acceptors (Lipinski definition) is 3. The number of aliphatic hydroxyl groups is 2. The maximum Gasteiger partial charge on any atom is 0.0713 e. The Labute approximate surface area is 106 Å². The summed E-state index contributed by atoms with van der Waals surface area (Å²) in [5.74, 6) is 0. The molecule has 17 heavy (non-hydrogen) atoms. The summed E-state index contributed by atoms with van der Waals surface area (Å²) in [5.41, 5.74) is 5.51. The zero-order valence-corrected chi connectivity index (χ0v) is 11.1. The van der Waals surface area contributed by atoms with Crippen LogP contribution in [0.3, 0.4) is 0 Å². The van der Waals surface area contributed by atoms with Crippen LogP contribution in [-0.4, -0.2) is 29.0 Å². The van der Waals surface area contributed by atoms with Crippen LogP contribution in [-0.2, 0) is 0 Å². The predicted octanol–water partition coefficient (Wildman–Crippen LogP) is 2.36. The molecule has 0 amide bonds. The first-order valence-electron chi connectivity index (χ1n) is 6.91. The molecule has 0 aromatic rings. The van der Waals surface area contributed by atoms with Crippen molar-refractivity contribution in [1.29, 1.82) is 0 Å². The van der Waals surface area contributed by atoms with E-state index in [1.807, 2.05) is 0 Å². The zero-order valence-electron chi connectivity index (χ0n) is 11.1. The van der Waals surface area contributed by atoms with Gasteiger partial charge in [-0.25, -0.2) is 0 Å². The molecule has 3 nitrogen and oxygen atoms in total. The lowest BCUT2D eigenvalue weighted by Gasteiger charge is -2.15. The summed E-state index contributed by atoms with van der Waals surface area (Å²) in [6.07, 6.45) is 12.8. The molecule has 2 atom stereocenters. The van der Waals surface area contributed by atoms with Crippen molar-refractivity contribution in [3.8, 4) is 0 Å². The number of nitrogens with two attached hydrogens (primary N) is 1. The van der Waals surface area contributed by atoms with Crippen LogP contribution in [0.4, 0.5) is 0 Å². The highest BCUT2D eigenvalue weighted by Gasteiger charge is 2.11. The minimum atomic E-state index is -0.571. The van der Waals surface area contributed by atoms with Crippen molar-refractivity contribution in [3.63, 3.8) is 0 Å². The second-order valence-corrected chi connectivity index (χ2v) is 4.67. The van der Waals surface area contributed by atoms with Crippen molar-refractivity contribution in [1.82, 2.24) is 0 Å². The van der Waals surface area contributed by atoms with E-state index in [-0.39, 0.29) is 6.61 Å². The fraction of sp³-hybridized carbons (Fsp3) is 0.857. The molecule has 0 aromatic heterocycles. The third kappa shape index (κ3) is 10.5. The Balaban J connectivity index is 3.29. The maximum absolute atomic E-state index is 9.51. The molecular weight excluding hydrogens is 214 g/mol. The van der Waals surface area contributed by atoms with E-state index >= 15 is 0 Å².